The molecule has 20 heavy (non-hydrogen) atoms. The number of nitrogens with zero attached hydrogens (tertiary/aromatic N) is 1. The van der Waals surface area contributed by atoms with Crippen molar-refractivity contribution < 1.29 is 19.1 Å². The van der Waals surface area contributed by atoms with Crippen molar-refractivity contribution in [2.24, 2.45) is 0 Å². The van der Waals surface area contributed by atoms with Gasteiger partial charge in [0.25, 0.3) is 0 Å². The predicted octanol–water partition coefficient (Wildman–Crippen LogP) is 1.79. The molecule has 5 heteroatoms. The van der Waals surface area contributed by atoms with E-state index in [0.29, 0.717) is 13.2 Å². The van der Waals surface area contributed by atoms with Crippen molar-refractivity contribution in [2.45, 2.75) is 19.9 Å². The second-order valence-corrected chi connectivity index (χ2v) is 4.20. The van der Waals surface area contributed by atoms with Gasteiger partial charge in [-0.2, -0.15) is 0 Å². The van der Waals surface area contributed by atoms with E-state index in [1.165, 1.54) is 7.11 Å². The number of carbonyl (C=O) groups is 2. The maximum Gasteiger partial charge on any atom is 0.327 e. The lowest BCUT2D eigenvalue weighted by Crippen LogP contribution is -2.38. The average molecular weight is 279 g/mol. The van der Waals surface area contributed by atoms with Gasteiger partial charge in [0, 0.05) is 0 Å². The summed E-state index contributed by atoms with van der Waals surface area (Å²) in [7, 11) is 1.34. The first-order valence-electron chi connectivity index (χ1n) is 6.66. The van der Waals surface area contributed by atoms with Crippen molar-refractivity contribution in [1.29, 1.82) is 0 Å². The number of methoxy groups -OCH3 is 1. The number of esters is 2. The minimum absolute atomic E-state index is 0.0546. The topological polar surface area (TPSA) is 55.8 Å². The number of hydrogen-bond acceptors (Lipinski definition) is 5. The fraction of sp³-hybridized carbons (Fsp3) is 0.467. The van der Waals surface area contributed by atoms with E-state index in [1.54, 1.807) is 11.8 Å². The van der Waals surface area contributed by atoms with E-state index in [0.717, 1.165) is 5.56 Å². The van der Waals surface area contributed by atoms with E-state index in [9.17, 15) is 9.59 Å². The van der Waals surface area contributed by atoms with Crippen LogP contribution in [0.2, 0.25) is 0 Å². The second kappa shape index (κ2) is 8.32. The highest BCUT2D eigenvalue weighted by atomic mass is 16.5. The van der Waals surface area contributed by atoms with Gasteiger partial charge in [0.05, 0.1) is 20.3 Å². The Morgan fingerprint density at radius 1 is 1.20 bits per heavy atom. The molecule has 0 aliphatic rings. The molecule has 1 aromatic rings. The highest BCUT2D eigenvalue weighted by Gasteiger charge is 2.29. The van der Waals surface area contributed by atoms with Crippen LogP contribution in [0, 0.1) is 0 Å². The number of likely N-dealkylation sites (N-methyl/N-ethyl adjacent to an activating group) is 1. The van der Waals surface area contributed by atoms with Crippen LogP contribution >= 0.6 is 0 Å². The predicted molar refractivity (Wildman–Crippen MR) is 75.1 cm³/mol. The van der Waals surface area contributed by atoms with Crippen molar-refractivity contribution in [2.75, 3.05) is 26.8 Å². The number of benzene rings is 1. The minimum Gasteiger partial charge on any atom is -0.468 e. The van der Waals surface area contributed by atoms with E-state index >= 15 is 0 Å². The quantitative estimate of drug-likeness (QED) is 0.712. The van der Waals surface area contributed by atoms with Crippen LogP contribution in [0.5, 0.6) is 0 Å². The minimum atomic E-state index is -0.601. The van der Waals surface area contributed by atoms with Crippen molar-refractivity contribution in [3.8, 4) is 0 Å². The first-order chi connectivity index (χ1) is 9.63. The fourth-order valence-electron chi connectivity index (χ4n) is 2.00. The average Bonchev–Trinajstić information content (AvgIpc) is 2.47. The van der Waals surface area contributed by atoms with Crippen LogP contribution in [-0.2, 0) is 19.1 Å². The largest absolute Gasteiger partial charge is 0.468 e. The normalized spacial score (nSPS) is 12.0. The lowest BCUT2D eigenvalue weighted by molar-refractivity contribution is -0.151. The zero-order valence-corrected chi connectivity index (χ0v) is 12.2. The summed E-state index contributed by atoms with van der Waals surface area (Å²) in [5.41, 5.74) is 0.797. The van der Waals surface area contributed by atoms with Gasteiger partial charge < -0.3 is 9.47 Å². The molecule has 0 saturated heterocycles. The molecule has 0 bridgehead atoms. The molecule has 0 N–H and O–H groups in total. The zero-order chi connectivity index (χ0) is 15.0. The Hall–Kier alpha value is -1.88. The van der Waals surface area contributed by atoms with E-state index in [-0.39, 0.29) is 18.5 Å². The van der Waals surface area contributed by atoms with Gasteiger partial charge in [-0.3, -0.25) is 9.69 Å². The monoisotopic (exact) mass is 279 g/mol. The highest BCUT2D eigenvalue weighted by Crippen LogP contribution is 2.21. The zero-order valence-electron chi connectivity index (χ0n) is 12.2. The van der Waals surface area contributed by atoms with Gasteiger partial charge in [0.1, 0.15) is 6.04 Å². The molecule has 0 amide bonds. The van der Waals surface area contributed by atoms with Crippen LogP contribution in [0.1, 0.15) is 25.5 Å². The standard InChI is InChI=1S/C15H21NO4/c1-4-16(11-13(17)20-5-2)14(15(18)19-3)12-9-7-6-8-10-12/h6-10,14H,4-5,11H2,1-3H3. The van der Waals surface area contributed by atoms with Crippen molar-refractivity contribution in [1.82, 2.24) is 4.90 Å². The Labute approximate surface area is 119 Å². The first kappa shape index (κ1) is 16.2. The molecule has 1 unspecified atom stereocenters. The van der Waals surface area contributed by atoms with Gasteiger partial charge in [0.2, 0.25) is 0 Å². The van der Waals surface area contributed by atoms with Gasteiger partial charge in [-0.05, 0) is 19.0 Å². The Kier molecular flexibility index (Phi) is 6.73. The first-order valence-corrected chi connectivity index (χ1v) is 6.66. The summed E-state index contributed by atoms with van der Waals surface area (Å²) in [6.45, 7) is 4.55. The summed E-state index contributed by atoms with van der Waals surface area (Å²) in [6.07, 6.45) is 0. The van der Waals surface area contributed by atoms with E-state index in [4.69, 9.17) is 9.47 Å². The van der Waals surface area contributed by atoms with Crippen LogP contribution in [0.4, 0.5) is 0 Å². The third kappa shape index (κ3) is 4.35. The third-order valence-corrected chi connectivity index (χ3v) is 2.95. The maximum atomic E-state index is 12.0. The molecule has 0 aliphatic heterocycles. The van der Waals surface area contributed by atoms with Crippen molar-refractivity contribution in [3.05, 3.63) is 35.9 Å². The molecule has 5 nitrogen and oxygen atoms in total. The molecular formula is C15H21NO4. The van der Waals surface area contributed by atoms with Crippen molar-refractivity contribution >= 4 is 11.9 Å². The summed E-state index contributed by atoms with van der Waals surface area (Å²) >= 11 is 0. The summed E-state index contributed by atoms with van der Waals surface area (Å²) in [4.78, 5) is 25.4. The molecule has 0 aliphatic carbocycles. The smallest absolute Gasteiger partial charge is 0.327 e. The lowest BCUT2D eigenvalue weighted by Gasteiger charge is -2.28. The van der Waals surface area contributed by atoms with E-state index in [1.807, 2.05) is 37.3 Å². The molecule has 0 spiro atoms. The maximum absolute atomic E-state index is 12.0. The molecule has 1 atom stereocenters. The Bertz CT molecular complexity index is 433. The number of carbonyl (C=O) groups excluding carboxylic acids is 2. The van der Waals surface area contributed by atoms with Crippen LogP contribution in [0.25, 0.3) is 0 Å². The summed E-state index contributed by atoms with van der Waals surface area (Å²) in [5, 5.41) is 0. The van der Waals surface area contributed by atoms with Gasteiger partial charge in [-0.1, -0.05) is 37.3 Å². The lowest BCUT2D eigenvalue weighted by atomic mass is 10.1. The Morgan fingerprint density at radius 3 is 2.35 bits per heavy atom. The molecule has 1 aromatic carbocycles. The van der Waals surface area contributed by atoms with Crippen molar-refractivity contribution in [3.63, 3.8) is 0 Å². The summed E-state index contributed by atoms with van der Waals surface area (Å²) in [5.74, 6) is -0.735. The van der Waals surface area contributed by atoms with Crippen LogP contribution in [0.3, 0.4) is 0 Å². The Morgan fingerprint density at radius 2 is 1.85 bits per heavy atom. The molecule has 110 valence electrons. The van der Waals surface area contributed by atoms with E-state index in [2.05, 4.69) is 0 Å². The van der Waals surface area contributed by atoms with Crippen LogP contribution < -0.4 is 0 Å². The summed E-state index contributed by atoms with van der Waals surface area (Å²) in [6, 6.07) is 8.66. The van der Waals surface area contributed by atoms with Gasteiger partial charge in [0.15, 0.2) is 0 Å². The molecule has 0 heterocycles. The van der Waals surface area contributed by atoms with Gasteiger partial charge in [-0.25, -0.2) is 4.79 Å². The fourth-order valence-corrected chi connectivity index (χ4v) is 2.00. The molecule has 1 rings (SSSR count). The molecule has 0 saturated carbocycles. The van der Waals surface area contributed by atoms with Crippen LogP contribution in [-0.4, -0.2) is 43.6 Å². The summed E-state index contributed by atoms with van der Waals surface area (Å²) < 4.78 is 9.80. The SMILES string of the molecule is CCOC(=O)CN(CC)C(C(=O)OC)c1ccccc1. The Balaban J connectivity index is 2.96. The third-order valence-electron chi connectivity index (χ3n) is 2.95. The second-order valence-electron chi connectivity index (χ2n) is 4.20. The highest BCUT2D eigenvalue weighted by molar-refractivity contribution is 5.79. The van der Waals surface area contributed by atoms with Gasteiger partial charge in [-0.15, -0.1) is 0 Å². The number of ether oxygens (including phenoxy) is 2. The number of hydrogen-bond donors (Lipinski definition) is 0. The number of rotatable bonds is 7. The molecule has 0 radical (unpaired) electrons. The van der Waals surface area contributed by atoms with Crippen LogP contribution in [0.15, 0.2) is 30.3 Å². The molecule has 0 aromatic heterocycles. The molecular weight excluding hydrogens is 258 g/mol. The van der Waals surface area contributed by atoms with Gasteiger partial charge >= 0.3 is 11.9 Å². The molecule has 0 fully saturated rings. The van der Waals surface area contributed by atoms with E-state index < -0.39 is 6.04 Å².